The number of thiophene rings is 1. The minimum absolute atomic E-state index is 0.0821. The number of amides is 1. The van der Waals surface area contributed by atoms with Crippen LogP contribution in [-0.2, 0) is 0 Å². The number of para-hydroxylation sites is 1. The van der Waals surface area contributed by atoms with Crippen molar-refractivity contribution in [2.75, 3.05) is 5.32 Å². The van der Waals surface area contributed by atoms with Crippen molar-refractivity contribution in [3.8, 4) is 0 Å². The lowest BCUT2D eigenvalue weighted by Gasteiger charge is -2.06. The first-order valence-electron chi connectivity index (χ1n) is 5.53. The van der Waals surface area contributed by atoms with Crippen LogP contribution >= 0.6 is 11.3 Å². The van der Waals surface area contributed by atoms with E-state index in [2.05, 4.69) is 10.3 Å². The topological polar surface area (TPSA) is 42.0 Å². The summed E-state index contributed by atoms with van der Waals surface area (Å²) >= 11 is 1.43. The summed E-state index contributed by atoms with van der Waals surface area (Å²) in [6, 6.07) is 13.2. The number of nitrogens with one attached hydrogen (secondary N) is 1. The van der Waals surface area contributed by atoms with Crippen LogP contribution in [0, 0.1) is 0 Å². The lowest BCUT2D eigenvalue weighted by atomic mass is 10.2. The van der Waals surface area contributed by atoms with E-state index < -0.39 is 0 Å². The summed E-state index contributed by atoms with van der Waals surface area (Å²) in [5.74, 6) is -0.0821. The van der Waals surface area contributed by atoms with Gasteiger partial charge in [0.15, 0.2) is 0 Å². The molecule has 0 atom stereocenters. The summed E-state index contributed by atoms with van der Waals surface area (Å²) in [7, 11) is 0. The second kappa shape index (κ2) is 4.58. The Bertz CT molecular complexity index is 687. The Kier molecular flexibility index (Phi) is 2.78. The quantitative estimate of drug-likeness (QED) is 0.760. The summed E-state index contributed by atoms with van der Waals surface area (Å²) in [5.41, 5.74) is 1.67. The molecular weight excluding hydrogens is 244 g/mol. The number of rotatable bonds is 2. The number of hydrogen-bond acceptors (Lipinski definition) is 3. The molecule has 88 valence electrons. The zero-order valence-electron chi connectivity index (χ0n) is 9.46. The predicted octanol–water partition coefficient (Wildman–Crippen LogP) is 3.55. The molecule has 0 saturated heterocycles. The molecule has 4 heteroatoms. The number of carbonyl (C=O) groups excluding carboxylic acids is 1. The van der Waals surface area contributed by atoms with E-state index in [9.17, 15) is 4.79 Å². The molecule has 3 nitrogen and oxygen atoms in total. The normalized spacial score (nSPS) is 10.4. The van der Waals surface area contributed by atoms with Gasteiger partial charge in [-0.25, -0.2) is 0 Å². The average molecular weight is 254 g/mol. The van der Waals surface area contributed by atoms with Crippen LogP contribution in [0.5, 0.6) is 0 Å². The van der Waals surface area contributed by atoms with E-state index in [0.29, 0.717) is 4.88 Å². The van der Waals surface area contributed by atoms with Crippen LogP contribution in [0.4, 0.5) is 5.69 Å². The van der Waals surface area contributed by atoms with Crippen molar-refractivity contribution < 1.29 is 4.79 Å². The standard InChI is InChI=1S/C14H10N2OS/c17-14(13-6-3-9-18-13)16-12-7-8-15-11-5-2-1-4-10(11)12/h1-9H,(H,15,16,17). The van der Waals surface area contributed by atoms with Gasteiger partial charge in [-0.15, -0.1) is 11.3 Å². The number of benzene rings is 1. The molecule has 0 aliphatic rings. The SMILES string of the molecule is O=C(Nc1ccnc2ccccc12)c1cccs1. The second-order valence-corrected chi connectivity index (χ2v) is 4.75. The number of aromatic nitrogens is 1. The minimum Gasteiger partial charge on any atom is -0.321 e. The smallest absolute Gasteiger partial charge is 0.265 e. The van der Waals surface area contributed by atoms with Crippen molar-refractivity contribution >= 4 is 33.8 Å². The first kappa shape index (κ1) is 10.9. The number of anilines is 1. The van der Waals surface area contributed by atoms with Gasteiger partial charge in [-0.2, -0.15) is 0 Å². The first-order chi connectivity index (χ1) is 8.84. The van der Waals surface area contributed by atoms with Gasteiger partial charge in [0, 0.05) is 11.6 Å². The lowest BCUT2D eigenvalue weighted by Crippen LogP contribution is -2.10. The molecule has 1 amide bonds. The van der Waals surface area contributed by atoms with E-state index in [0.717, 1.165) is 16.6 Å². The van der Waals surface area contributed by atoms with Crippen molar-refractivity contribution in [1.29, 1.82) is 0 Å². The Morgan fingerprint density at radius 3 is 2.83 bits per heavy atom. The van der Waals surface area contributed by atoms with Crippen molar-refractivity contribution in [3.05, 3.63) is 58.9 Å². The predicted molar refractivity (Wildman–Crippen MR) is 74.0 cm³/mol. The number of hydrogen-bond donors (Lipinski definition) is 1. The second-order valence-electron chi connectivity index (χ2n) is 3.81. The van der Waals surface area contributed by atoms with Gasteiger partial charge in [0.1, 0.15) is 0 Å². The Hall–Kier alpha value is -2.20. The molecule has 2 aromatic heterocycles. The Balaban J connectivity index is 1.98. The van der Waals surface area contributed by atoms with Crippen LogP contribution < -0.4 is 5.32 Å². The molecule has 0 fully saturated rings. The zero-order chi connectivity index (χ0) is 12.4. The summed E-state index contributed by atoms with van der Waals surface area (Å²) in [5, 5.41) is 5.76. The minimum atomic E-state index is -0.0821. The van der Waals surface area contributed by atoms with Gasteiger partial charge >= 0.3 is 0 Å². The van der Waals surface area contributed by atoms with Crippen LogP contribution in [0.1, 0.15) is 9.67 Å². The third-order valence-electron chi connectivity index (χ3n) is 2.64. The molecule has 0 radical (unpaired) electrons. The largest absolute Gasteiger partial charge is 0.321 e. The molecule has 2 heterocycles. The van der Waals surface area contributed by atoms with Crippen LogP contribution in [-0.4, -0.2) is 10.9 Å². The molecule has 0 unspecified atom stereocenters. The van der Waals surface area contributed by atoms with Gasteiger partial charge in [0.05, 0.1) is 16.1 Å². The van der Waals surface area contributed by atoms with E-state index in [4.69, 9.17) is 0 Å². The monoisotopic (exact) mass is 254 g/mol. The summed E-state index contributed by atoms with van der Waals surface area (Å²) in [4.78, 5) is 17.0. The summed E-state index contributed by atoms with van der Waals surface area (Å²) in [6.07, 6.45) is 1.70. The highest BCUT2D eigenvalue weighted by molar-refractivity contribution is 7.12. The number of nitrogens with zero attached hydrogens (tertiary/aromatic N) is 1. The third kappa shape index (κ3) is 1.98. The third-order valence-corrected chi connectivity index (χ3v) is 3.51. The van der Waals surface area contributed by atoms with Crippen molar-refractivity contribution in [2.45, 2.75) is 0 Å². The highest BCUT2D eigenvalue weighted by Crippen LogP contribution is 2.22. The molecule has 0 bridgehead atoms. The van der Waals surface area contributed by atoms with Gasteiger partial charge in [0.25, 0.3) is 5.91 Å². The maximum Gasteiger partial charge on any atom is 0.265 e. The van der Waals surface area contributed by atoms with Crippen molar-refractivity contribution in [2.24, 2.45) is 0 Å². The maximum atomic E-state index is 12.0. The molecule has 0 aliphatic heterocycles. The molecule has 3 rings (SSSR count). The van der Waals surface area contributed by atoms with E-state index in [1.165, 1.54) is 11.3 Å². The molecule has 1 N–H and O–H groups in total. The zero-order valence-corrected chi connectivity index (χ0v) is 10.3. The summed E-state index contributed by atoms with van der Waals surface area (Å²) in [6.45, 7) is 0. The van der Waals surface area contributed by atoms with Crippen LogP contribution in [0.2, 0.25) is 0 Å². The molecule has 0 spiro atoms. The Morgan fingerprint density at radius 2 is 2.00 bits per heavy atom. The molecule has 1 aromatic carbocycles. The average Bonchev–Trinajstić information content (AvgIpc) is 2.93. The number of pyridine rings is 1. The van der Waals surface area contributed by atoms with E-state index >= 15 is 0 Å². The molecule has 3 aromatic rings. The van der Waals surface area contributed by atoms with Gasteiger partial charge in [-0.05, 0) is 23.6 Å². The molecule has 0 aliphatic carbocycles. The number of fused-ring (bicyclic) bond motifs is 1. The van der Waals surface area contributed by atoms with Gasteiger partial charge in [0.2, 0.25) is 0 Å². The van der Waals surface area contributed by atoms with Crippen LogP contribution in [0.15, 0.2) is 54.0 Å². The Morgan fingerprint density at radius 1 is 1.11 bits per heavy atom. The number of carbonyl (C=O) groups is 1. The van der Waals surface area contributed by atoms with Gasteiger partial charge in [-0.3, -0.25) is 9.78 Å². The van der Waals surface area contributed by atoms with Crippen molar-refractivity contribution in [3.63, 3.8) is 0 Å². The molecule has 18 heavy (non-hydrogen) atoms. The maximum absolute atomic E-state index is 12.0. The van der Waals surface area contributed by atoms with Gasteiger partial charge < -0.3 is 5.32 Å². The van der Waals surface area contributed by atoms with E-state index in [-0.39, 0.29) is 5.91 Å². The Labute approximate surface area is 108 Å². The van der Waals surface area contributed by atoms with Crippen LogP contribution in [0.25, 0.3) is 10.9 Å². The van der Waals surface area contributed by atoms with Crippen LogP contribution in [0.3, 0.4) is 0 Å². The molecule has 0 saturated carbocycles. The lowest BCUT2D eigenvalue weighted by molar-refractivity contribution is 0.103. The fourth-order valence-corrected chi connectivity index (χ4v) is 2.42. The fraction of sp³-hybridized carbons (Fsp3) is 0. The van der Waals surface area contributed by atoms with Gasteiger partial charge in [-0.1, -0.05) is 24.3 Å². The van der Waals surface area contributed by atoms with E-state index in [1.54, 1.807) is 6.20 Å². The first-order valence-corrected chi connectivity index (χ1v) is 6.41. The molecular formula is C14H10N2OS. The summed E-state index contributed by atoms with van der Waals surface area (Å²) < 4.78 is 0. The highest BCUT2D eigenvalue weighted by Gasteiger charge is 2.08. The fourth-order valence-electron chi connectivity index (χ4n) is 1.80. The van der Waals surface area contributed by atoms with E-state index in [1.807, 2.05) is 47.8 Å². The van der Waals surface area contributed by atoms with Crippen molar-refractivity contribution in [1.82, 2.24) is 4.98 Å². The highest BCUT2D eigenvalue weighted by atomic mass is 32.1.